The van der Waals surface area contributed by atoms with Crippen molar-refractivity contribution in [2.75, 3.05) is 20.9 Å². The standard InChI is InChI=1S/C11H15FN2O4/c1-17-10-5-7(8(13)3-4-12)9(14(15)16)6-11(10)18-2/h5-6,8H,3-4,13H2,1-2H3/t8-/m0/s1. The molecule has 2 N–H and O–H groups in total. The first-order valence-electron chi connectivity index (χ1n) is 5.27. The maximum Gasteiger partial charge on any atom is 0.278 e. The number of methoxy groups -OCH3 is 2. The number of nitrogens with two attached hydrogens (primary N) is 1. The fourth-order valence-corrected chi connectivity index (χ4v) is 1.61. The topological polar surface area (TPSA) is 87.6 Å². The van der Waals surface area contributed by atoms with Gasteiger partial charge in [-0.2, -0.15) is 0 Å². The molecule has 6 nitrogen and oxygen atoms in total. The van der Waals surface area contributed by atoms with Crippen LogP contribution in [0.15, 0.2) is 12.1 Å². The van der Waals surface area contributed by atoms with E-state index < -0.39 is 17.6 Å². The van der Waals surface area contributed by atoms with Crippen LogP contribution in [0.2, 0.25) is 0 Å². The molecule has 0 aliphatic rings. The predicted molar refractivity (Wildman–Crippen MR) is 63.7 cm³/mol. The van der Waals surface area contributed by atoms with Crippen LogP contribution in [0, 0.1) is 10.1 Å². The van der Waals surface area contributed by atoms with Gasteiger partial charge in [0, 0.05) is 6.04 Å². The highest BCUT2D eigenvalue weighted by Crippen LogP contribution is 2.37. The number of ether oxygens (including phenoxy) is 2. The summed E-state index contributed by atoms with van der Waals surface area (Å²) >= 11 is 0. The molecule has 0 spiro atoms. The lowest BCUT2D eigenvalue weighted by Crippen LogP contribution is -2.13. The lowest BCUT2D eigenvalue weighted by Gasteiger charge is -2.14. The molecular weight excluding hydrogens is 243 g/mol. The van der Waals surface area contributed by atoms with Crippen molar-refractivity contribution in [1.82, 2.24) is 0 Å². The molecule has 1 aromatic carbocycles. The molecule has 1 atom stereocenters. The second-order valence-corrected chi connectivity index (χ2v) is 3.61. The van der Waals surface area contributed by atoms with Gasteiger partial charge in [-0.25, -0.2) is 0 Å². The van der Waals surface area contributed by atoms with Crippen molar-refractivity contribution in [2.24, 2.45) is 5.73 Å². The monoisotopic (exact) mass is 258 g/mol. The van der Waals surface area contributed by atoms with E-state index in [0.29, 0.717) is 5.75 Å². The molecular formula is C11H15FN2O4. The summed E-state index contributed by atoms with van der Waals surface area (Å²) in [7, 11) is 2.79. The van der Waals surface area contributed by atoms with Crippen molar-refractivity contribution in [1.29, 1.82) is 0 Å². The first-order chi connectivity index (χ1) is 8.54. The molecule has 0 bridgehead atoms. The molecule has 100 valence electrons. The third-order valence-corrected chi connectivity index (χ3v) is 2.55. The van der Waals surface area contributed by atoms with Gasteiger partial charge >= 0.3 is 0 Å². The summed E-state index contributed by atoms with van der Waals surface area (Å²) in [5.41, 5.74) is 5.75. The summed E-state index contributed by atoms with van der Waals surface area (Å²) in [6.07, 6.45) is 0.0102. The van der Waals surface area contributed by atoms with Crippen LogP contribution in [0.1, 0.15) is 18.0 Å². The summed E-state index contributed by atoms with van der Waals surface area (Å²) in [6, 6.07) is 1.89. The first kappa shape index (κ1) is 14.2. The average Bonchev–Trinajstić information content (AvgIpc) is 2.37. The van der Waals surface area contributed by atoms with Crippen LogP contribution < -0.4 is 15.2 Å². The van der Waals surface area contributed by atoms with E-state index in [1.807, 2.05) is 0 Å². The molecule has 0 amide bonds. The van der Waals surface area contributed by atoms with Crippen molar-refractivity contribution in [3.8, 4) is 11.5 Å². The lowest BCUT2D eigenvalue weighted by atomic mass is 10.0. The van der Waals surface area contributed by atoms with Gasteiger partial charge in [0.15, 0.2) is 11.5 Å². The maximum absolute atomic E-state index is 12.3. The van der Waals surface area contributed by atoms with Crippen molar-refractivity contribution < 1.29 is 18.8 Å². The van der Waals surface area contributed by atoms with Gasteiger partial charge in [0.2, 0.25) is 0 Å². The number of alkyl halides is 1. The van der Waals surface area contributed by atoms with Gasteiger partial charge < -0.3 is 15.2 Å². The Kier molecular flexibility index (Phi) is 4.85. The van der Waals surface area contributed by atoms with Crippen molar-refractivity contribution in [3.63, 3.8) is 0 Å². The number of hydrogen-bond acceptors (Lipinski definition) is 5. The SMILES string of the molecule is COc1cc([C@@H](N)CCF)c([N+](=O)[O-])cc1OC. The van der Waals surface area contributed by atoms with Crippen LogP contribution in [-0.4, -0.2) is 25.8 Å². The Balaban J connectivity index is 3.33. The highest BCUT2D eigenvalue weighted by Gasteiger charge is 2.23. The second-order valence-electron chi connectivity index (χ2n) is 3.61. The minimum atomic E-state index is -0.754. The molecule has 0 aromatic heterocycles. The van der Waals surface area contributed by atoms with Gasteiger partial charge in [-0.1, -0.05) is 0 Å². The third kappa shape index (κ3) is 2.86. The van der Waals surface area contributed by atoms with E-state index in [-0.39, 0.29) is 23.4 Å². The second kappa shape index (κ2) is 6.15. The Hall–Kier alpha value is -1.89. The van der Waals surface area contributed by atoms with E-state index >= 15 is 0 Å². The van der Waals surface area contributed by atoms with E-state index in [4.69, 9.17) is 15.2 Å². The molecule has 0 saturated heterocycles. The molecule has 0 aliphatic carbocycles. The smallest absolute Gasteiger partial charge is 0.278 e. The first-order valence-corrected chi connectivity index (χ1v) is 5.27. The highest BCUT2D eigenvalue weighted by atomic mass is 19.1. The van der Waals surface area contributed by atoms with Gasteiger partial charge in [0.25, 0.3) is 5.69 Å². The minimum absolute atomic E-state index is 0.0102. The summed E-state index contributed by atoms with van der Waals surface area (Å²) in [4.78, 5) is 10.4. The van der Waals surface area contributed by atoms with Gasteiger partial charge in [0.05, 0.1) is 37.4 Å². The molecule has 1 rings (SSSR count). The minimum Gasteiger partial charge on any atom is -0.493 e. The van der Waals surface area contributed by atoms with Gasteiger partial charge in [0.1, 0.15) is 0 Å². The number of nitrogens with zero attached hydrogens (tertiary/aromatic N) is 1. The summed E-state index contributed by atoms with van der Waals surface area (Å²) in [5.74, 6) is 0.563. The van der Waals surface area contributed by atoms with E-state index in [1.165, 1.54) is 26.4 Å². The van der Waals surface area contributed by atoms with E-state index in [0.717, 1.165) is 0 Å². The summed E-state index contributed by atoms with van der Waals surface area (Å²) in [5, 5.41) is 11.0. The molecule has 7 heteroatoms. The van der Waals surface area contributed by atoms with Crippen molar-refractivity contribution in [2.45, 2.75) is 12.5 Å². The molecule has 0 aliphatic heterocycles. The fourth-order valence-electron chi connectivity index (χ4n) is 1.61. The largest absolute Gasteiger partial charge is 0.493 e. The maximum atomic E-state index is 12.3. The summed E-state index contributed by atoms with van der Waals surface area (Å²) < 4.78 is 22.3. The number of nitro benzene ring substituents is 1. The van der Waals surface area contributed by atoms with Crippen LogP contribution in [-0.2, 0) is 0 Å². The molecule has 0 unspecified atom stereocenters. The lowest BCUT2D eigenvalue weighted by molar-refractivity contribution is -0.385. The van der Waals surface area contributed by atoms with Crippen LogP contribution >= 0.6 is 0 Å². The Morgan fingerprint density at radius 2 is 1.94 bits per heavy atom. The van der Waals surface area contributed by atoms with Gasteiger partial charge in [-0.05, 0) is 12.5 Å². The number of nitro groups is 1. The number of rotatable bonds is 6. The fraction of sp³-hybridized carbons (Fsp3) is 0.455. The van der Waals surface area contributed by atoms with Crippen LogP contribution in [0.25, 0.3) is 0 Å². The molecule has 0 fully saturated rings. The number of hydrogen-bond donors (Lipinski definition) is 1. The molecule has 1 aromatic rings. The third-order valence-electron chi connectivity index (χ3n) is 2.55. The average molecular weight is 258 g/mol. The van der Waals surface area contributed by atoms with Crippen molar-refractivity contribution in [3.05, 3.63) is 27.8 Å². The highest BCUT2D eigenvalue weighted by molar-refractivity contribution is 5.55. The van der Waals surface area contributed by atoms with Crippen LogP contribution in [0.3, 0.4) is 0 Å². The normalized spacial score (nSPS) is 12.0. The van der Waals surface area contributed by atoms with E-state index in [2.05, 4.69) is 0 Å². The Morgan fingerprint density at radius 1 is 1.39 bits per heavy atom. The van der Waals surface area contributed by atoms with E-state index in [9.17, 15) is 14.5 Å². The van der Waals surface area contributed by atoms with Gasteiger partial charge in [-0.3, -0.25) is 14.5 Å². The zero-order valence-corrected chi connectivity index (χ0v) is 10.2. The molecule has 0 heterocycles. The van der Waals surface area contributed by atoms with Crippen LogP contribution in [0.4, 0.5) is 10.1 Å². The molecule has 0 saturated carbocycles. The Morgan fingerprint density at radius 3 is 2.39 bits per heavy atom. The van der Waals surface area contributed by atoms with E-state index in [1.54, 1.807) is 0 Å². The Bertz CT molecular complexity index is 439. The number of benzene rings is 1. The predicted octanol–water partition coefficient (Wildman–Crippen LogP) is 1.97. The molecule has 0 radical (unpaired) electrons. The number of halogens is 1. The van der Waals surface area contributed by atoms with Crippen LogP contribution in [0.5, 0.6) is 11.5 Å². The zero-order valence-electron chi connectivity index (χ0n) is 10.2. The zero-order chi connectivity index (χ0) is 13.7. The molecule has 18 heavy (non-hydrogen) atoms. The van der Waals surface area contributed by atoms with Crippen molar-refractivity contribution >= 4 is 5.69 Å². The quantitative estimate of drug-likeness (QED) is 0.622. The summed E-state index contributed by atoms with van der Waals surface area (Å²) in [6.45, 7) is -0.646. The van der Waals surface area contributed by atoms with Gasteiger partial charge in [-0.15, -0.1) is 0 Å². The Labute approximate surface area is 104 Å².